The summed E-state index contributed by atoms with van der Waals surface area (Å²) in [5, 5.41) is 23.1. The minimum atomic E-state index is -0.475. The summed E-state index contributed by atoms with van der Waals surface area (Å²) in [6.45, 7) is 0.699. The first-order valence-corrected chi connectivity index (χ1v) is 7.16. The van der Waals surface area contributed by atoms with Gasteiger partial charge in [-0.3, -0.25) is 10.1 Å². The molecule has 3 rings (SSSR count). The summed E-state index contributed by atoms with van der Waals surface area (Å²) < 4.78 is 1.95. The molecule has 0 saturated heterocycles. The molecule has 0 aliphatic carbocycles. The summed E-state index contributed by atoms with van der Waals surface area (Å²) in [5.41, 5.74) is 2.37. The third-order valence-corrected chi connectivity index (χ3v) is 3.48. The number of nitriles is 1. The predicted molar refractivity (Wildman–Crippen MR) is 88.9 cm³/mol. The van der Waals surface area contributed by atoms with E-state index in [4.69, 9.17) is 5.26 Å². The Hall–Kier alpha value is -3.66. The van der Waals surface area contributed by atoms with Gasteiger partial charge in [0, 0.05) is 30.7 Å². The lowest BCUT2D eigenvalue weighted by atomic mass is 10.1. The number of benzene rings is 2. The van der Waals surface area contributed by atoms with Gasteiger partial charge >= 0.3 is 0 Å². The third kappa shape index (κ3) is 3.39. The average Bonchev–Trinajstić information content (AvgIpc) is 3.09. The molecule has 1 aromatic heterocycles. The topological polar surface area (TPSA) is 96.8 Å². The van der Waals surface area contributed by atoms with Gasteiger partial charge in [-0.15, -0.1) is 0 Å². The van der Waals surface area contributed by atoms with Crippen molar-refractivity contribution in [1.82, 2.24) is 9.55 Å². The van der Waals surface area contributed by atoms with Crippen LogP contribution in [0.1, 0.15) is 11.1 Å². The lowest BCUT2D eigenvalue weighted by Crippen LogP contribution is -1.99. The van der Waals surface area contributed by atoms with Crippen LogP contribution in [0.5, 0.6) is 0 Å². The quantitative estimate of drug-likeness (QED) is 0.574. The molecule has 0 atom stereocenters. The van der Waals surface area contributed by atoms with Gasteiger partial charge in [0.25, 0.3) is 5.69 Å². The molecule has 0 amide bonds. The Labute approximate surface area is 138 Å². The molecule has 1 heterocycles. The Kier molecular flexibility index (Phi) is 4.21. The van der Waals surface area contributed by atoms with Crippen molar-refractivity contribution in [3.63, 3.8) is 0 Å². The lowest BCUT2D eigenvalue weighted by Gasteiger charge is -2.09. The monoisotopic (exact) mass is 319 g/mol. The van der Waals surface area contributed by atoms with Crippen LogP contribution in [0.2, 0.25) is 0 Å². The van der Waals surface area contributed by atoms with E-state index in [0.29, 0.717) is 23.5 Å². The second-order valence-electron chi connectivity index (χ2n) is 5.16. The number of rotatable bonds is 5. The van der Waals surface area contributed by atoms with Crippen LogP contribution in [-0.4, -0.2) is 14.5 Å². The van der Waals surface area contributed by atoms with E-state index in [9.17, 15) is 10.1 Å². The van der Waals surface area contributed by atoms with Gasteiger partial charge in [0.15, 0.2) is 0 Å². The molecule has 2 aromatic carbocycles. The number of nitro groups is 1. The smallest absolute Gasteiger partial charge is 0.292 e. The van der Waals surface area contributed by atoms with Crippen molar-refractivity contribution >= 4 is 17.1 Å². The summed E-state index contributed by atoms with van der Waals surface area (Å²) in [6.07, 6.45) is 5.34. The Balaban J connectivity index is 1.81. The maximum absolute atomic E-state index is 11.1. The highest BCUT2D eigenvalue weighted by molar-refractivity contribution is 5.71. The van der Waals surface area contributed by atoms with Crippen LogP contribution in [0.3, 0.4) is 0 Å². The molecular weight excluding hydrogens is 306 g/mol. The number of nitrogens with zero attached hydrogens (tertiary/aromatic N) is 4. The van der Waals surface area contributed by atoms with E-state index in [0.717, 1.165) is 5.56 Å². The number of nitrogens with one attached hydrogen (secondary N) is 1. The SMILES string of the molecule is N#Cc1ccc([N+](=O)[O-])c(Nc2ccc(Cn3ccnc3)cc2)c1. The normalized spacial score (nSPS) is 10.1. The van der Waals surface area contributed by atoms with Crippen LogP contribution < -0.4 is 5.32 Å². The van der Waals surface area contributed by atoms with Crippen LogP contribution >= 0.6 is 0 Å². The van der Waals surface area contributed by atoms with Gasteiger partial charge in [-0.2, -0.15) is 5.26 Å². The summed E-state index contributed by atoms with van der Waals surface area (Å²) in [6, 6.07) is 13.8. The van der Waals surface area contributed by atoms with Crippen molar-refractivity contribution in [1.29, 1.82) is 5.26 Å². The molecule has 7 heteroatoms. The Morgan fingerprint density at radius 2 is 2.04 bits per heavy atom. The first kappa shape index (κ1) is 15.2. The minimum absolute atomic E-state index is 0.0727. The van der Waals surface area contributed by atoms with E-state index in [1.165, 1.54) is 18.2 Å². The van der Waals surface area contributed by atoms with Gasteiger partial charge in [-0.25, -0.2) is 4.98 Å². The van der Waals surface area contributed by atoms with Gasteiger partial charge in [0.05, 0.1) is 22.9 Å². The van der Waals surface area contributed by atoms with Crippen LogP contribution in [0, 0.1) is 21.4 Å². The molecule has 1 N–H and O–H groups in total. The molecular formula is C17H13N5O2. The third-order valence-electron chi connectivity index (χ3n) is 3.48. The standard InChI is InChI=1S/C17H13N5O2/c18-10-14-3-6-17(22(23)24)16(9-14)20-15-4-1-13(2-5-15)11-21-8-7-19-12-21/h1-9,12,20H,11H2. The van der Waals surface area contributed by atoms with Gasteiger partial charge in [0.2, 0.25) is 0 Å². The lowest BCUT2D eigenvalue weighted by molar-refractivity contribution is -0.383. The van der Waals surface area contributed by atoms with Gasteiger partial charge in [-0.05, 0) is 29.8 Å². The second kappa shape index (κ2) is 6.62. The Morgan fingerprint density at radius 1 is 1.25 bits per heavy atom. The number of aromatic nitrogens is 2. The van der Waals surface area contributed by atoms with Crippen LogP contribution in [-0.2, 0) is 6.54 Å². The van der Waals surface area contributed by atoms with Gasteiger partial charge in [0.1, 0.15) is 5.69 Å². The van der Waals surface area contributed by atoms with E-state index < -0.39 is 4.92 Å². The number of hydrogen-bond donors (Lipinski definition) is 1. The van der Waals surface area contributed by atoms with Crippen molar-refractivity contribution < 1.29 is 4.92 Å². The maximum Gasteiger partial charge on any atom is 0.292 e. The molecule has 0 spiro atoms. The summed E-state index contributed by atoms with van der Waals surface area (Å²) in [5.74, 6) is 0. The van der Waals surface area contributed by atoms with Crippen molar-refractivity contribution in [2.45, 2.75) is 6.54 Å². The van der Waals surface area contributed by atoms with Crippen molar-refractivity contribution in [3.8, 4) is 6.07 Å². The van der Waals surface area contributed by atoms with Crippen molar-refractivity contribution in [2.24, 2.45) is 0 Å². The van der Waals surface area contributed by atoms with Crippen LogP contribution in [0.15, 0.2) is 61.2 Å². The zero-order chi connectivity index (χ0) is 16.9. The van der Waals surface area contributed by atoms with Crippen molar-refractivity contribution in [3.05, 3.63) is 82.4 Å². The molecule has 0 radical (unpaired) electrons. The van der Waals surface area contributed by atoms with Crippen LogP contribution in [0.4, 0.5) is 17.1 Å². The first-order chi connectivity index (χ1) is 11.7. The zero-order valence-electron chi connectivity index (χ0n) is 12.6. The molecule has 3 aromatic rings. The molecule has 0 bridgehead atoms. The molecule has 24 heavy (non-hydrogen) atoms. The fourth-order valence-corrected chi connectivity index (χ4v) is 2.30. The van der Waals surface area contributed by atoms with Gasteiger partial charge < -0.3 is 9.88 Å². The van der Waals surface area contributed by atoms with E-state index in [2.05, 4.69) is 10.3 Å². The number of imidazole rings is 1. The molecule has 118 valence electrons. The van der Waals surface area contributed by atoms with Crippen LogP contribution in [0.25, 0.3) is 0 Å². The average molecular weight is 319 g/mol. The number of anilines is 2. The molecule has 0 aliphatic rings. The summed E-state index contributed by atoms with van der Waals surface area (Å²) >= 11 is 0. The highest BCUT2D eigenvalue weighted by Gasteiger charge is 2.14. The Morgan fingerprint density at radius 3 is 2.67 bits per heavy atom. The molecule has 0 unspecified atom stereocenters. The minimum Gasteiger partial charge on any atom is -0.350 e. The first-order valence-electron chi connectivity index (χ1n) is 7.16. The highest BCUT2D eigenvalue weighted by Crippen LogP contribution is 2.28. The van der Waals surface area contributed by atoms with Gasteiger partial charge in [-0.1, -0.05) is 12.1 Å². The number of hydrogen-bond acceptors (Lipinski definition) is 5. The fourth-order valence-electron chi connectivity index (χ4n) is 2.30. The Bertz CT molecular complexity index is 896. The highest BCUT2D eigenvalue weighted by atomic mass is 16.6. The molecule has 0 fully saturated rings. The predicted octanol–water partition coefficient (Wildman–Crippen LogP) is 3.45. The fraction of sp³-hybridized carbons (Fsp3) is 0.0588. The van der Waals surface area contributed by atoms with E-state index in [-0.39, 0.29) is 5.69 Å². The maximum atomic E-state index is 11.1. The summed E-state index contributed by atoms with van der Waals surface area (Å²) in [4.78, 5) is 14.6. The van der Waals surface area contributed by atoms with E-state index in [1.807, 2.05) is 41.1 Å². The van der Waals surface area contributed by atoms with Crippen molar-refractivity contribution in [2.75, 3.05) is 5.32 Å². The largest absolute Gasteiger partial charge is 0.350 e. The zero-order valence-corrected chi connectivity index (χ0v) is 12.6. The second-order valence-corrected chi connectivity index (χ2v) is 5.16. The number of nitro benzene ring substituents is 1. The van der Waals surface area contributed by atoms with E-state index >= 15 is 0 Å². The van der Waals surface area contributed by atoms with E-state index in [1.54, 1.807) is 12.5 Å². The molecule has 0 aliphatic heterocycles. The molecule has 0 saturated carbocycles. The molecule has 7 nitrogen and oxygen atoms in total. The summed E-state index contributed by atoms with van der Waals surface area (Å²) in [7, 11) is 0.